The van der Waals surface area contributed by atoms with E-state index in [4.69, 9.17) is 0 Å². The lowest BCUT2D eigenvalue weighted by Gasteiger charge is -2.42. The normalized spacial score (nSPS) is 24.8. The molecule has 34 heavy (non-hydrogen) atoms. The van der Waals surface area contributed by atoms with Crippen molar-refractivity contribution in [3.05, 3.63) is 58.9 Å². The first-order valence-corrected chi connectivity index (χ1v) is 13.0. The quantitative estimate of drug-likeness (QED) is 0.201. The number of unbranched alkanes of at least 4 members (excludes halogenated alkanes) is 4. The van der Waals surface area contributed by atoms with Crippen molar-refractivity contribution in [3.63, 3.8) is 0 Å². The summed E-state index contributed by atoms with van der Waals surface area (Å²) in [5.41, 5.74) is -0.248. The second-order valence-electron chi connectivity index (χ2n) is 10.5. The van der Waals surface area contributed by atoms with Gasteiger partial charge in [-0.1, -0.05) is 51.9 Å². The summed E-state index contributed by atoms with van der Waals surface area (Å²) in [6.45, 7) is 2.24. The van der Waals surface area contributed by atoms with Crippen molar-refractivity contribution >= 4 is 0 Å². The molecule has 2 aliphatic rings. The Kier molecular flexibility index (Phi) is 8.31. The number of fused-ring (bicyclic) bond motifs is 1. The molecule has 2 aromatic carbocycles. The molecule has 0 radical (unpaired) electrons. The summed E-state index contributed by atoms with van der Waals surface area (Å²) in [6, 6.07) is 3.86. The van der Waals surface area contributed by atoms with Crippen LogP contribution in [0.4, 0.5) is 22.0 Å². The molecule has 0 bridgehead atoms. The Hall–Kier alpha value is -1.91. The average Bonchev–Trinajstić information content (AvgIpc) is 2.81. The first-order chi connectivity index (χ1) is 16.4. The van der Waals surface area contributed by atoms with Crippen molar-refractivity contribution < 1.29 is 22.0 Å². The van der Waals surface area contributed by atoms with Gasteiger partial charge in [0, 0.05) is 0 Å². The Morgan fingerprint density at radius 1 is 0.676 bits per heavy atom. The van der Waals surface area contributed by atoms with E-state index in [1.807, 2.05) is 0 Å². The molecule has 0 aromatic heterocycles. The van der Waals surface area contributed by atoms with Crippen LogP contribution in [0.25, 0.3) is 11.1 Å². The van der Waals surface area contributed by atoms with Gasteiger partial charge in [-0.15, -0.1) is 0 Å². The smallest absolute Gasteiger partial charge is 0.194 e. The summed E-state index contributed by atoms with van der Waals surface area (Å²) in [6.07, 6.45) is 14.6. The van der Waals surface area contributed by atoms with Crippen LogP contribution in [0, 0.1) is 46.8 Å². The van der Waals surface area contributed by atoms with Gasteiger partial charge in [-0.2, -0.15) is 0 Å². The zero-order valence-corrected chi connectivity index (χ0v) is 20.0. The second kappa shape index (κ2) is 11.2. The fraction of sp³-hybridized carbons (Fsp3) is 0.586. The first-order valence-electron chi connectivity index (χ1n) is 13.0. The van der Waals surface area contributed by atoms with E-state index in [2.05, 4.69) is 6.92 Å². The van der Waals surface area contributed by atoms with Crippen LogP contribution in [0.1, 0.15) is 95.5 Å². The molecule has 0 saturated heterocycles. The van der Waals surface area contributed by atoms with Crippen molar-refractivity contribution in [2.45, 2.75) is 89.9 Å². The third-order valence-corrected chi connectivity index (χ3v) is 8.25. The number of hydrogen-bond donors (Lipinski definition) is 0. The maximum absolute atomic E-state index is 14.9. The van der Waals surface area contributed by atoms with Gasteiger partial charge in [-0.05, 0) is 91.2 Å². The summed E-state index contributed by atoms with van der Waals surface area (Å²) in [4.78, 5) is 0. The Morgan fingerprint density at radius 2 is 1.29 bits per heavy atom. The van der Waals surface area contributed by atoms with Gasteiger partial charge in [-0.25, -0.2) is 22.0 Å². The van der Waals surface area contributed by atoms with E-state index in [9.17, 15) is 22.0 Å². The van der Waals surface area contributed by atoms with Crippen LogP contribution in [-0.2, 0) is 0 Å². The summed E-state index contributed by atoms with van der Waals surface area (Å²) in [5.74, 6) is -4.09. The SMILES string of the molecule is CCCCCCCC1CCC2CC(c3cc(F)c(-c4cc(F)c(F)c(F)c4)c(F)c3)CCC2C1. The molecule has 0 heterocycles. The highest BCUT2D eigenvalue weighted by atomic mass is 19.2. The van der Waals surface area contributed by atoms with Crippen LogP contribution >= 0.6 is 0 Å². The van der Waals surface area contributed by atoms with E-state index < -0.39 is 34.6 Å². The van der Waals surface area contributed by atoms with E-state index in [0.717, 1.165) is 25.2 Å². The van der Waals surface area contributed by atoms with Gasteiger partial charge in [0.1, 0.15) is 11.6 Å². The average molecular weight is 479 g/mol. The number of halogens is 5. The monoisotopic (exact) mass is 478 g/mol. The minimum absolute atomic E-state index is 0.0894. The van der Waals surface area contributed by atoms with Crippen molar-refractivity contribution in [1.82, 2.24) is 0 Å². The van der Waals surface area contributed by atoms with Gasteiger partial charge in [0.2, 0.25) is 0 Å². The molecule has 0 nitrogen and oxygen atoms in total. The van der Waals surface area contributed by atoms with Gasteiger partial charge in [0.05, 0.1) is 5.56 Å². The number of benzene rings is 2. The fourth-order valence-electron chi connectivity index (χ4n) is 6.39. The maximum atomic E-state index is 14.9. The highest BCUT2D eigenvalue weighted by molar-refractivity contribution is 5.65. The lowest BCUT2D eigenvalue weighted by atomic mass is 9.63. The highest BCUT2D eigenvalue weighted by Gasteiger charge is 2.36. The fourth-order valence-corrected chi connectivity index (χ4v) is 6.39. The molecule has 2 fully saturated rings. The van der Waals surface area contributed by atoms with Crippen molar-refractivity contribution in [2.75, 3.05) is 0 Å². The van der Waals surface area contributed by atoms with Crippen LogP contribution in [0.5, 0.6) is 0 Å². The molecule has 186 valence electrons. The molecule has 4 rings (SSSR count). The number of hydrogen-bond acceptors (Lipinski definition) is 0. The predicted octanol–water partition coefficient (Wildman–Crippen LogP) is 9.71. The molecule has 4 atom stereocenters. The van der Waals surface area contributed by atoms with Gasteiger partial charge in [0.25, 0.3) is 0 Å². The molecule has 0 amide bonds. The van der Waals surface area contributed by atoms with E-state index >= 15 is 0 Å². The molecular weight excluding hydrogens is 443 g/mol. The predicted molar refractivity (Wildman–Crippen MR) is 126 cm³/mol. The van der Waals surface area contributed by atoms with Crippen LogP contribution < -0.4 is 0 Å². The Morgan fingerprint density at radius 3 is 1.97 bits per heavy atom. The third kappa shape index (κ3) is 5.66. The Balaban J connectivity index is 1.39. The minimum atomic E-state index is -1.65. The van der Waals surface area contributed by atoms with E-state index in [1.54, 1.807) is 0 Å². The Labute approximate surface area is 200 Å². The van der Waals surface area contributed by atoms with Crippen molar-refractivity contribution in [2.24, 2.45) is 17.8 Å². The molecule has 2 aliphatic carbocycles. The molecule has 2 saturated carbocycles. The summed E-state index contributed by atoms with van der Waals surface area (Å²) in [7, 11) is 0. The number of rotatable bonds is 8. The van der Waals surface area contributed by atoms with Crippen LogP contribution in [-0.4, -0.2) is 0 Å². The highest BCUT2D eigenvalue weighted by Crippen LogP contribution is 2.49. The first kappa shape index (κ1) is 25.2. The van der Waals surface area contributed by atoms with E-state index in [0.29, 0.717) is 29.5 Å². The minimum Gasteiger partial charge on any atom is -0.206 e. The second-order valence-corrected chi connectivity index (χ2v) is 10.5. The Bertz CT molecular complexity index is 938. The van der Waals surface area contributed by atoms with Crippen molar-refractivity contribution in [1.29, 1.82) is 0 Å². The van der Waals surface area contributed by atoms with Crippen LogP contribution in [0.15, 0.2) is 24.3 Å². The summed E-state index contributed by atoms with van der Waals surface area (Å²) >= 11 is 0. The lowest BCUT2D eigenvalue weighted by Crippen LogP contribution is -2.30. The van der Waals surface area contributed by atoms with Gasteiger partial charge < -0.3 is 0 Å². The zero-order chi connectivity index (χ0) is 24.2. The summed E-state index contributed by atoms with van der Waals surface area (Å²) in [5, 5.41) is 0. The molecule has 0 aliphatic heterocycles. The van der Waals surface area contributed by atoms with Gasteiger partial charge in [-0.3, -0.25) is 0 Å². The third-order valence-electron chi connectivity index (χ3n) is 8.25. The topological polar surface area (TPSA) is 0 Å². The molecule has 0 N–H and O–H groups in total. The lowest BCUT2D eigenvalue weighted by molar-refractivity contribution is 0.113. The molecule has 2 aromatic rings. The largest absolute Gasteiger partial charge is 0.206 e. The van der Waals surface area contributed by atoms with E-state index in [1.165, 1.54) is 69.9 Å². The molecule has 5 heteroatoms. The molecule has 0 spiro atoms. The van der Waals surface area contributed by atoms with Gasteiger partial charge in [0.15, 0.2) is 17.5 Å². The maximum Gasteiger partial charge on any atom is 0.194 e. The van der Waals surface area contributed by atoms with E-state index in [-0.39, 0.29) is 11.5 Å². The van der Waals surface area contributed by atoms with Gasteiger partial charge >= 0.3 is 0 Å². The zero-order valence-electron chi connectivity index (χ0n) is 20.0. The van der Waals surface area contributed by atoms with Crippen molar-refractivity contribution in [3.8, 4) is 11.1 Å². The molecule has 4 unspecified atom stereocenters. The summed E-state index contributed by atoms with van der Waals surface area (Å²) < 4.78 is 70.3. The standard InChI is InChI=1S/C29H35F5/c1-2-3-4-5-6-7-18-8-9-20-13-21(11-10-19(20)12-18)22-14-24(30)28(25(31)15-22)23-16-26(32)29(34)27(33)17-23/h14-21H,2-13H2,1H3. The van der Waals surface area contributed by atoms with Crippen LogP contribution in [0.3, 0.4) is 0 Å². The van der Waals surface area contributed by atoms with Crippen LogP contribution in [0.2, 0.25) is 0 Å². The molecular formula is C29H35F5.